The Morgan fingerprint density at radius 1 is 1.10 bits per heavy atom. The molecule has 2 aromatic carbocycles. The van der Waals surface area contributed by atoms with Gasteiger partial charge in [0.05, 0.1) is 23.9 Å². The van der Waals surface area contributed by atoms with Crippen molar-refractivity contribution in [2.45, 2.75) is 27.3 Å². The molecule has 0 bridgehead atoms. The Kier molecular flexibility index (Phi) is 5.88. The van der Waals surface area contributed by atoms with Gasteiger partial charge in [-0.25, -0.2) is 8.42 Å². The molecule has 0 aliphatic heterocycles. The number of para-hydroxylation sites is 1. The first-order valence-electron chi connectivity index (χ1n) is 9.17. The Morgan fingerprint density at radius 2 is 1.77 bits per heavy atom. The van der Waals surface area contributed by atoms with Crippen molar-refractivity contribution in [1.82, 2.24) is 20.2 Å². The molecule has 1 aromatic heterocycles. The molecule has 30 heavy (non-hydrogen) atoms. The number of nitrogens with zero attached hydrogens (tertiary/aromatic N) is 4. The maximum absolute atomic E-state index is 12.0. The molecule has 0 aliphatic rings. The van der Waals surface area contributed by atoms with Crippen molar-refractivity contribution in [3.63, 3.8) is 0 Å². The summed E-state index contributed by atoms with van der Waals surface area (Å²) in [6.45, 7) is 5.60. The Labute approximate surface area is 175 Å². The number of nitrogens with one attached hydrogen (secondary N) is 1. The van der Waals surface area contributed by atoms with Gasteiger partial charge in [-0.05, 0) is 61.9 Å². The van der Waals surface area contributed by atoms with Crippen molar-refractivity contribution in [2.75, 3.05) is 11.0 Å². The molecule has 0 saturated heterocycles. The van der Waals surface area contributed by atoms with Crippen molar-refractivity contribution in [2.24, 2.45) is 5.41 Å². The van der Waals surface area contributed by atoms with E-state index in [2.05, 4.69) is 20.1 Å². The van der Waals surface area contributed by atoms with Crippen LogP contribution in [0.1, 0.15) is 26.3 Å². The molecule has 10 heteroatoms. The SMILES string of the molecule is CC(C)(C)C(=O)Oc1ccc(-c2nnn(Cc3ccccc3NS(C)(=O)=O)n2)cc1. The Balaban J connectivity index is 1.74. The van der Waals surface area contributed by atoms with Crippen molar-refractivity contribution in [3.05, 3.63) is 54.1 Å². The maximum Gasteiger partial charge on any atom is 0.316 e. The third kappa shape index (κ3) is 5.63. The summed E-state index contributed by atoms with van der Waals surface area (Å²) in [5, 5.41) is 12.4. The fourth-order valence-electron chi connectivity index (χ4n) is 2.47. The number of hydrogen-bond donors (Lipinski definition) is 1. The van der Waals surface area contributed by atoms with E-state index in [0.29, 0.717) is 28.4 Å². The first kappa shape index (κ1) is 21.4. The summed E-state index contributed by atoms with van der Waals surface area (Å²) in [5.41, 5.74) is 1.28. The Hall–Kier alpha value is -3.27. The van der Waals surface area contributed by atoms with E-state index in [9.17, 15) is 13.2 Å². The van der Waals surface area contributed by atoms with Crippen LogP contribution in [0.4, 0.5) is 5.69 Å². The van der Waals surface area contributed by atoms with Crippen LogP contribution in [0.3, 0.4) is 0 Å². The smallest absolute Gasteiger partial charge is 0.316 e. The molecular formula is C20H23N5O4S. The third-order valence-corrected chi connectivity index (χ3v) is 4.60. The highest BCUT2D eigenvalue weighted by Crippen LogP contribution is 2.23. The average molecular weight is 430 g/mol. The van der Waals surface area contributed by atoms with Crippen LogP contribution in [-0.2, 0) is 21.4 Å². The quantitative estimate of drug-likeness (QED) is 0.473. The zero-order valence-electron chi connectivity index (χ0n) is 17.2. The van der Waals surface area contributed by atoms with E-state index in [1.807, 2.05) is 0 Å². The van der Waals surface area contributed by atoms with Gasteiger partial charge in [0.15, 0.2) is 0 Å². The molecule has 0 saturated carbocycles. The number of carbonyl (C=O) groups is 1. The first-order valence-corrected chi connectivity index (χ1v) is 11.1. The van der Waals surface area contributed by atoms with Gasteiger partial charge in [-0.3, -0.25) is 9.52 Å². The number of anilines is 1. The van der Waals surface area contributed by atoms with Crippen LogP contribution in [0.5, 0.6) is 5.75 Å². The van der Waals surface area contributed by atoms with E-state index < -0.39 is 15.4 Å². The number of benzene rings is 2. The summed E-state index contributed by atoms with van der Waals surface area (Å²) >= 11 is 0. The van der Waals surface area contributed by atoms with Crippen LogP contribution in [-0.4, -0.2) is 40.9 Å². The summed E-state index contributed by atoms with van der Waals surface area (Å²) < 4.78 is 30.9. The van der Waals surface area contributed by atoms with Gasteiger partial charge < -0.3 is 4.74 Å². The normalized spacial score (nSPS) is 11.9. The van der Waals surface area contributed by atoms with Gasteiger partial charge in [0, 0.05) is 5.56 Å². The Bertz CT molecular complexity index is 1150. The number of hydrogen-bond acceptors (Lipinski definition) is 7. The van der Waals surface area contributed by atoms with Crippen molar-refractivity contribution < 1.29 is 17.9 Å². The fourth-order valence-corrected chi connectivity index (χ4v) is 3.07. The monoisotopic (exact) mass is 429 g/mol. The van der Waals surface area contributed by atoms with E-state index in [1.54, 1.807) is 69.3 Å². The van der Waals surface area contributed by atoms with Crippen molar-refractivity contribution in [1.29, 1.82) is 0 Å². The van der Waals surface area contributed by atoms with Crippen molar-refractivity contribution >= 4 is 21.7 Å². The molecule has 0 atom stereocenters. The van der Waals surface area contributed by atoms with Crippen LogP contribution in [0.2, 0.25) is 0 Å². The van der Waals surface area contributed by atoms with Crippen molar-refractivity contribution in [3.8, 4) is 17.1 Å². The second kappa shape index (κ2) is 8.23. The van der Waals surface area contributed by atoms with Gasteiger partial charge in [0.25, 0.3) is 0 Å². The summed E-state index contributed by atoms with van der Waals surface area (Å²) in [5.74, 6) is 0.518. The van der Waals surface area contributed by atoms with E-state index in [1.165, 1.54) is 4.80 Å². The lowest BCUT2D eigenvalue weighted by Crippen LogP contribution is -2.25. The highest BCUT2D eigenvalue weighted by molar-refractivity contribution is 7.92. The summed E-state index contributed by atoms with van der Waals surface area (Å²) in [6, 6.07) is 13.8. The highest BCUT2D eigenvalue weighted by Gasteiger charge is 2.23. The maximum atomic E-state index is 12.0. The van der Waals surface area contributed by atoms with Gasteiger partial charge in [0.1, 0.15) is 5.75 Å². The molecule has 1 heterocycles. The van der Waals surface area contributed by atoms with Crippen LogP contribution < -0.4 is 9.46 Å². The zero-order valence-corrected chi connectivity index (χ0v) is 18.0. The number of sulfonamides is 1. The van der Waals surface area contributed by atoms with Crippen LogP contribution >= 0.6 is 0 Å². The molecule has 3 rings (SSSR count). The van der Waals surface area contributed by atoms with Gasteiger partial charge in [-0.15, -0.1) is 10.2 Å². The van der Waals surface area contributed by atoms with Crippen LogP contribution in [0, 0.1) is 5.41 Å². The number of rotatable bonds is 6. The van der Waals surface area contributed by atoms with E-state index in [4.69, 9.17) is 4.74 Å². The van der Waals surface area contributed by atoms with Gasteiger partial charge in [0.2, 0.25) is 15.8 Å². The van der Waals surface area contributed by atoms with Gasteiger partial charge >= 0.3 is 5.97 Å². The second-order valence-electron chi connectivity index (χ2n) is 7.84. The standard InChI is InChI=1S/C20H23N5O4S/c1-20(2,3)19(26)29-16-11-9-14(10-12-16)18-21-24-25(22-18)13-15-7-5-6-8-17(15)23-30(4,27)28/h5-12,23H,13H2,1-4H3. The molecule has 1 N–H and O–H groups in total. The summed E-state index contributed by atoms with van der Waals surface area (Å²) in [7, 11) is -3.40. The van der Waals surface area contributed by atoms with Gasteiger partial charge in [-0.2, -0.15) is 4.80 Å². The number of ether oxygens (including phenoxy) is 1. The lowest BCUT2D eigenvalue weighted by Gasteiger charge is -2.16. The number of tetrazole rings is 1. The van der Waals surface area contributed by atoms with Crippen LogP contribution in [0.15, 0.2) is 48.5 Å². The molecule has 0 aliphatic carbocycles. The van der Waals surface area contributed by atoms with E-state index >= 15 is 0 Å². The predicted molar refractivity (Wildman–Crippen MR) is 112 cm³/mol. The topological polar surface area (TPSA) is 116 Å². The minimum absolute atomic E-state index is 0.243. The molecular weight excluding hydrogens is 406 g/mol. The number of aromatic nitrogens is 4. The fraction of sp³-hybridized carbons (Fsp3) is 0.300. The minimum Gasteiger partial charge on any atom is -0.426 e. The summed E-state index contributed by atoms with van der Waals surface area (Å²) in [4.78, 5) is 13.4. The first-order chi connectivity index (χ1) is 14.0. The molecule has 0 radical (unpaired) electrons. The number of esters is 1. The second-order valence-corrected chi connectivity index (χ2v) is 9.59. The molecule has 0 amide bonds. The summed E-state index contributed by atoms with van der Waals surface area (Å²) in [6.07, 6.45) is 1.10. The minimum atomic E-state index is -3.40. The molecule has 9 nitrogen and oxygen atoms in total. The highest BCUT2D eigenvalue weighted by atomic mass is 32.2. The molecule has 0 unspecified atom stereocenters. The lowest BCUT2D eigenvalue weighted by atomic mass is 9.97. The third-order valence-electron chi connectivity index (χ3n) is 4.01. The average Bonchev–Trinajstić information content (AvgIpc) is 3.10. The van der Waals surface area contributed by atoms with Gasteiger partial charge in [-0.1, -0.05) is 18.2 Å². The Morgan fingerprint density at radius 3 is 2.40 bits per heavy atom. The molecule has 3 aromatic rings. The molecule has 0 spiro atoms. The van der Waals surface area contributed by atoms with E-state index in [0.717, 1.165) is 6.26 Å². The molecule has 158 valence electrons. The van der Waals surface area contributed by atoms with Crippen LogP contribution in [0.25, 0.3) is 11.4 Å². The zero-order chi connectivity index (χ0) is 21.9. The molecule has 0 fully saturated rings. The lowest BCUT2D eigenvalue weighted by molar-refractivity contribution is -0.142. The van der Waals surface area contributed by atoms with E-state index in [-0.39, 0.29) is 12.5 Å². The largest absolute Gasteiger partial charge is 0.426 e. The number of carbonyl (C=O) groups excluding carboxylic acids is 1. The predicted octanol–water partition coefficient (Wildman–Crippen LogP) is 2.71.